The van der Waals surface area contributed by atoms with Crippen molar-refractivity contribution in [3.05, 3.63) is 58.6 Å². The van der Waals surface area contributed by atoms with E-state index < -0.39 is 17.6 Å². The highest BCUT2D eigenvalue weighted by molar-refractivity contribution is 6.34. The molecule has 0 radical (unpaired) electrons. The Balaban J connectivity index is 1.78. The Labute approximate surface area is 174 Å². The monoisotopic (exact) mass is 417 g/mol. The summed E-state index contributed by atoms with van der Waals surface area (Å²) in [5.41, 5.74) is 5.36. The Kier molecular flexibility index (Phi) is 6.00. The average molecular weight is 418 g/mol. The number of nitrogens with one attached hydrogen (secondary N) is 1. The van der Waals surface area contributed by atoms with E-state index in [-0.39, 0.29) is 16.6 Å². The molecule has 154 valence electrons. The summed E-state index contributed by atoms with van der Waals surface area (Å²) in [5.74, 6) is 0.0601. The molecule has 2 aromatic rings. The van der Waals surface area contributed by atoms with Gasteiger partial charge in [-0.05, 0) is 55.7 Å². The van der Waals surface area contributed by atoms with Gasteiger partial charge in [0.1, 0.15) is 11.4 Å². The van der Waals surface area contributed by atoms with E-state index in [2.05, 4.69) is 5.32 Å². The van der Waals surface area contributed by atoms with E-state index in [1.165, 1.54) is 12.1 Å². The number of likely N-dealkylation sites (tertiary alicyclic amines) is 1. The van der Waals surface area contributed by atoms with E-state index in [0.29, 0.717) is 30.0 Å². The minimum absolute atomic E-state index is 0.165. The average Bonchev–Trinajstić information content (AvgIpc) is 3.19. The number of methoxy groups -OCH3 is 1. The molecular weight excluding hydrogens is 394 g/mol. The lowest BCUT2D eigenvalue weighted by atomic mass is 9.86. The molecule has 0 spiro atoms. The Morgan fingerprint density at radius 2 is 1.97 bits per heavy atom. The molecule has 1 fully saturated rings. The lowest BCUT2D eigenvalue weighted by Gasteiger charge is -2.37. The number of carbonyl (C=O) groups is 2. The van der Waals surface area contributed by atoms with Crippen LogP contribution in [0.15, 0.2) is 42.5 Å². The van der Waals surface area contributed by atoms with Crippen LogP contribution >= 0.6 is 11.6 Å². The molecule has 3 rings (SSSR count). The molecule has 1 aliphatic heterocycles. The van der Waals surface area contributed by atoms with Gasteiger partial charge in [0.2, 0.25) is 5.91 Å². The number of halogens is 1. The standard InChI is InChI=1S/C21H24ClN3O4/c1-21(28,13-5-8-15(29-2)9-6-13)18-4-3-11-25(18)20(27)24-14-7-10-16(19(23)26)17(22)12-14/h5-10,12,18,28H,3-4,11H2,1-2H3,(H2,23,26)(H,24,27). The molecule has 1 aliphatic rings. The number of nitrogens with zero attached hydrogens (tertiary/aromatic N) is 1. The normalized spacial score (nSPS) is 18.2. The van der Waals surface area contributed by atoms with E-state index >= 15 is 0 Å². The zero-order valence-electron chi connectivity index (χ0n) is 16.3. The minimum atomic E-state index is -1.23. The summed E-state index contributed by atoms with van der Waals surface area (Å²) >= 11 is 6.06. The fourth-order valence-corrected chi connectivity index (χ4v) is 3.98. The first-order chi connectivity index (χ1) is 13.7. The van der Waals surface area contributed by atoms with E-state index in [9.17, 15) is 14.7 Å². The number of benzene rings is 2. The van der Waals surface area contributed by atoms with Gasteiger partial charge in [-0.3, -0.25) is 4.79 Å². The van der Waals surface area contributed by atoms with E-state index in [1.54, 1.807) is 49.3 Å². The van der Waals surface area contributed by atoms with Gasteiger partial charge in [0, 0.05) is 12.2 Å². The maximum absolute atomic E-state index is 12.9. The van der Waals surface area contributed by atoms with Crippen molar-refractivity contribution in [3.63, 3.8) is 0 Å². The molecule has 0 aromatic heterocycles. The zero-order valence-corrected chi connectivity index (χ0v) is 17.1. The minimum Gasteiger partial charge on any atom is -0.497 e. The second kappa shape index (κ2) is 8.31. The molecule has 4 N–H and O–H groups in total. The number of urea groups is 1. The highest BCUT2D eigenvalue weighted by atomic mass is 35.5. The van der Waals surface area contributed by atoms with Crippen molar-refractivity contribution in [3.8, 4) is 5.75 Å². The molecule has 0 bridgehead atoms. The van der Waals surface area contributed by atoms with Crippen LogP contribution in [-0.2, 0) is 5.60 Å². The van der Waals surface area contributed by atoms with Crippen molar-refractivity contribution >= 4 is 29.2 Å². The molecule has 0 saturated carbocycles. The number of ether oxygens (including phenoxy) is 1. The zero-order chi connectivity index (χ0) is 21.2. The van der Waals surface area contributed by atoms with Gasteiger partial charge in [-0.25, -0.2) is 4.79 Å². The Morgan fingerprint density at radius 1 is 1.28 bits per heavy atom. The highest BCUT2D eigenvalue weighted by Gasteiger charge is 2.42. The van der Waals surface area contributed by atoms with Crippen molar-refractivity contribution < 1.29 is 19.4 Å². The molecule has 2 aromatic carbocycles. The van der Waals surface area contributed by atoms with Gasteiger partial charge in [-0.2, -0.15) is 0 Å². The number of rotatable bonds is 5. The smallest absolute Gasteiger partial charge is 0.322 e. The van der Waals surface area contributed by atoms with E-state index in [4.69, 9.17) is 22.1 Å². The van der Waals surface area contributed by atoms with Gasteiger partial charge in [0.25, 0.3) is 0 Å². The second-order valence-electron chi connectivity index (χ2n) is 7.22. The van der Waals surface area contributed by atoms with Crippen LogP contribution in [0.1, 0.15) is 35.7 Å². The molecule has 2 atom stereocenters. The number of nitrogens with two attached hydrogens (primary N) is 1. The summed E-state index contributed by atoms with van der Waals surface area (Å²) in [5, 5.41) is 14.2. The molecule has 29 heavy (non-hydrogen) atoms. The topological polar surface area (TPSA) is 105 Å². The fourth-order valence-electron chi connectivity index (χ4n) is 3.70. The maximum Gasteiger partial charge on any atom is 0.322 e. The molecule has 2 unspecified atom stereocenters. The first-order valence-electron chi connectivity index (χ1n) is 9.28. The SMILES string of the molecule is COc1ccc(C(C)(O)C2CCCN2C(=O)Nc2ccc(C(N)=O)c(Cl)c2)cc1. The van der Waals surface area contributed by atoms with Gasteiger partial charge < -0.3 is 25.8 Å². The Bertz CT molecular complexity index is 915. The van der Waals surface area contributed by atoms with Crippen LogP contribution in [0.3, 0.4) is 0 Å². The first-order valence-corrected chi connectivity index (χ1v) is 9.65. The largest absolute Gasteiger partial charge is 0.497 e. The first kappa shape index (κ1) is 21.0. The molecule has 7 nitrogen and oxygen atoms in total. The highest BCUT2D eigenvalue weighted by Crippen LogP contribution is 2.35. The Hall–Kier alpha value is -2.77. The predicted molar refractivity (Wildman–Crippen MR) is 111 cm³/mol. The molecule has 1 heterocycles. The van der Waals surface area contributed by atoms with Gasteiger partial charge in [-0.15, -0.1) is 0 Å². The fraction of sp³-hybridized carbons (Fsp3) is 0.333. The molecule has 0 aliphatic carbocycles. The van der Waals surface area contributed by atoms with Crippen LogP contribution in [0.4, 0.5) is 10.5 Å². The molecule has 8 heteroatoms. The Morgan fingerprint density at radius 3 is 2.55 bits per heavy atom. The summed E-state index contributed by atoms with van der Waals surface area (Å²) in [7, 11) is 1.58. The molecular formula is C21H24ClN3O4. The van der Waals surface area contributed by atoms with Crippen LogP contribution in [0.25, 0.3) is 0 Å². The molecule has 1 saturated heterocycles. The number of hydrogen-bond donors (Lipinski definition) is 3. The number of hydrogen-bond acceptors (Lipinski definition) is 4. The van der Waals surface area contributed by atoms with Crippen molar-refractivity contribution in [1.29, 1.82) is 0 Å². The second-order valence-corrected chi connectivity index (χ2v) is 7.62. The maximum atomic E-state index is 12.9. The van der Waals surface area contributed by atoms with Crippen LogP contribution in [0.2, 0.25) is 5.02 Å². The number of amides is 3. The summed E-state index contributed by atoms with van der Waals surface area (Å²) in [4.78, 5) is 25.8. The number of primary amides is 1. The molecule has 3 amide bonds. The summed E-state index contributed by atoms with van der Waals surface area (Å²) in [6, 6.07) is 10.9. The number of carbonyl (C=O) groups excluding carboxylic acids is 2. The van der Waals surface area contributed by atoms with Crippen molar-refractivity contribution in [1.82, 2.24) is 4.90 Å². The third-order valence-electron chi connectivity index (χ3n) is 5.32. The number of anilines is 1. The summed E-state index contributed by atoms with van der Waals surface area (Å²) in [6.07, 6.45) is 1.46. The third kappa shape index (κ3) is 4.31. The quantitative estimate of drug-likeness (QED) is 0.693. The number of aliphatic hydroxyl groups is 1. The van der Waals surface area contributed by atoms with E-state index in [0.717, 1.165) is 6.42 Å². The third-order valence-corrected chi connectivity index (χ3v) is 5.64. The van der Waals surface area contributed by atoms with Crippen LogP contribution in [0.5, 0.6) is 5.75 Å². The predicted octanol–water partition coefficient (Wildman–Crippen LogP) is 3.35. The summed E-state index contributed by atoms with van der Waals surface area (Å²) < 4.78 is 5.17. The van der Waals surface area contributed by atoms with Gasteiger partial charge in [0.15, 0.2) is 0 Å². The van der Waals surface area contributed by atoms with Crippen molar-refractivity contribution in [2.75, 3.05) is 19.0 Å². The van der Waals surface area contributed by atoms with Gasteiger partial charge in [-0.1, -0.05) is 23.7 Å². The van der Waals surface area contributed by atoms with Crippen LogP contribution in [0, 0.1) is 0 Å². The lowest BCUT2D eigenvalue weighted by molar-refractivity contribution is -0.00944. The van der Waals surface area contributed by atoms with Gasteiger partial charge in [0.05, 0.1) is 23.7 Å². The lowest BCUT2D eigenvalue weighted by Crippen LogP contribution is -2.49. The van der Waals surface area contributed by atoms with Crippen LogP contribution < -0.4 is 15.8 Å². The van der Waals surface area contributed by atoms with Crippen molar-refractivity contribution in [2.24, 2.45) is 5.73 Å². The summed E-state index contributed by atoms with van der Waals surface area (Å²) in [6.45, 7) is 2.24. The van der Waals surface area contributed by atoms with Gasteiger partial charge >= 0.3 is 6.03 Å². The van der Waals surface area contributed by atoms with Crippen LogP contribution in [-0.4, -0.2) is 41.6 Å². The van der Waals surface area contributed by atoms with Crippen molar-refractivity contribution in [2.45, 2.75) is 31.4 Å². The van der Waals surface area contributed by atoms with E-state index in [1.807, 2.05) is 0 Å².